The number of benzene rings is 3. The fourth-order valence-corrected chi connectivity index (χ4v) is 4.23. The summed E-state index contributed by atoms with van der Waals surface area (Å²) in [5.74, 6) is -0.200. The van der Waals surface area contributed by atoms with Gasteiger partial charge in [0.1, 0.15) is 0 Å². The summed E-state index contributed by atoms with van der Waals surface area (Å²) in [6.45, 7) is 1.53. The Morgan fingerprint density at radius 2 is 1.58 bits per heavy atom. The zero-order valence-electron chi connectivity index (χ0n) is 17.2. The van der Waals surface area contributed by atoms with Crippen LogP contribution < -0.4 is 5.32 Å². The fraction of sp³-hybridized carbons (Fsp3) is 0.154. The lowest BCUT2D eigenvalue weighted by Gasteiger charge is -2.32. The molecule has 0 aromatic heterocycles. The predicted octanol–water partition coefficient (Wildman–Crippen LogP) is 5.62. The Kier molecular flexibility index (Phi) is 6.33. The zero-order chi connectivity index (χ0) is 21.8. The number of fused-ring (bicyclic) bond motifs is 1. The summed E-state index contributed by atoms with van der Waals surface area (Å²) in [6.07, 6.45) is 3.87. The highest BCUT2D eigenvalue weighted by Crippen LogP contribution is 2.33. The molecule has 0 fully saturated rings. The van der Waals surface area contributed by atoms with Crippen molar-refractivity contribution < 1.29 is 9.59 Å². The van der Waals surface area contributed by atoms with Crippen LogP contribution in [-0.4, -0.2) is 16.7 Å². The van der Waals surface area contributed by atoms with Crippen molar-refractivity contribution in [3.05, 3.63) is 112 Å². The van der Waals surface area contributed by atoms with E-state index in [0.717, 1.165) is 26.7 Å². The highest BCUT2D eigenvalue weighted by atomic mass is 79.9. The summed E-state index contributed by atoms with van der Waals surface area (Å²) in [5, 5.41) is 3.19. The van der Waals surface area contributed by atoms with Crippen LogP contribution in [0.3, 0.4) is 0 Å². The number of halogens is 1. The van der Waals surface area contributed by atoms with Crippen LogP contribution in [0.15, 0.2) is 89.5 Å². The van der Waals surface area contributed by atoms with Crippen molar-refractivity contribution in [3.63, 3.8) is 0 Å². The second-order valence-electron chi connectivity index (χ2n) is 7.55. The molecule has 156 valence electrons. The molecule has 4 rings (SSSR count). The molecule has 0 saturated heterocycles. The van der Waals surface area contributed by atoms with Crippen LogP contribution in [0.1, 0.15) is 47.7 Å². The van der Waals surface area contributed by atoms with Crippen LogP contribution >= 0.6 is 15.9 Å². The van der Waals surface area contributed by atoms with Gasteiger partial charge in [0, 0.05) is 17.6 Å². The highest BCUT2D eigenvalue weighted by Gasteiger charge is 2.29. The maximum atomic E-state index is 13.2. The Labute approximate surface area is 190 Å². The van der Waals surface area contributed by atoms with Gasteiger partial charge in [0.25, 0.3) is 0 Å². The van der Waals surface area contributed by atoms with E-state index >= 15 is 0 Å². The number of carbonyl (C=O) groups excluding carboxylic acids is 2. The van der Waals surface area contributed by atoms with E-state index in [1.54, 1.807) is 11.1 Å². The standard InChI is InChI=1S/C26H23BrN2O2/c1-18(30)29-16-15-19-7-5-6-10-23(19)24(29)17-25(31)28-26(20-8-3-2-4-9-20)21-11-13-22(27)14-12-21/h2-16,24,26H,17H2,1H3,(H,28,31)/t24-,26-/m0/s1. The minimum Gasteiger partial charge on any atom is -0.345 e. The summed E-state index contributed by atoms with van der Waals surface area (Å²) in [5.41, 5.74) is 4.02. The normalized spacial score (nSPS) is 15.8. The number of nitrogens with one attached hydrogen (secondary N) is 1. The minimum atomic E-state index is -0.333. The molecule has 0 radical (unpaired) electrons. The van der Waals surface area contributed by atoms with Crippen molar-refractivity contribution in [2.45, 2.75) is 25.4 Å². The van der Waals surface area contributed by atoms with Gasteiger partial charge in [-0.2, -0.15) is 0 Å². The molecule has 2 atom stereocenters. The zero-order valence-corrected chi connectivity index (χ0v) is 18.7. The van der Waals surface area contributed by atoms with Crippen LogP contribution in [0.4, 0.5) is 0 Å². The molecule has 31 heavy (non-hydrogen) atoms. The average Bonchev–Trinajstić information content (AvgIpc) is 2.79. The quantitative estimate of drug-likeness (QED) is 0.521. The van der Waals surface area contributed by atoms with Crippen molar-refractivity contribution in [2.24, 2.45) is 0 Å². The predicted molar refractivity (Wildman–Crippen MR) is 126 cm³/mol. The first-order chi connectivity index (χ1) is 15.0. The summed E-state index contributed by atoms with van der Waals surface area (Å²) in [7, 11) is 0. The van der Waals surface area contributed by atoms with Crippen LogP contribution in [0.25, 0.3) is 6.08 Å². The molecule has 4 nitrogen and oxygen atoms in total. The Bertz CT molecular complexity index is 1110. The molecular weight excluding hydrogens is 452 g/mol. The lowest BCUT2D eigenvalue weighted by atomic mass is 9.93. The monoisotopic (exact) mass is 474 g/mol. The van der Waals surface area contributed by atoms with Crippen LogP contribution in [0, 0.1) is 0 Å². The van der Waals surface area contributed by atoms with E-state index in [1.807, 2.05) is 84.9 Å². The van der Waals surface area contributed by atoms with E-state index in [2.05, 4.69) is 21.2 Å². The van der Waals surface area contributed by atoms with E-state index in [1.165, 1.54) is 6.92 Å². The van der Waals surface area contributed by atoms with E-state index in [0.29, 0.717) is 0 Å². The Morgan fingerprint density at radius 1 is 0.935 bits per heavy atom. The van der Waals surface area contributed by atoms with Gasteiger partial charge in [-0.3, -0.25) is 9.59 Å². The van der Waals surface area contributed by atoms with Crippen molar-refractivity contribution in [2.75, 3.05) is 0 Å². The molecule has 2 amide bonds. The van der Waals surface area contributed by atoms with Crippen molar-refractivity contribution >= 4 is 33.8 Å². The molecular formula is C26H23BrN2O2. The van der Waals surface area contributed by atoms with Crippen LogP contribution in [0.2, 0.25) is 0 Å². The lowest BCUT2D eigenvalue weighted by molar-refractivity contribution is -0.130. The topological polar surface area (TPSA) is 49.4 Å². The molecule has 0 bridgehead atoms. The van der Waals surface area contributed by atoms with Gasteiger partial charge in [-0.05, 0) is 40.5 Å². The molecule has 3 aromatic carbocycles. The fourth-order valence-electron chi connectivity index (χ4n) is 3.97. The van der Waals surface area contributed by atoms with Gasteiger partial charge < -0.3 is 10.2 Å². The van der Waals surface area contributed by atoms with Gasteiger partial charge in [-0.1, -0.05) is 82.7 Å². The summed E-state index contributed by atoms with van der Waals surface area (Å²) >= 11 is 3.47. The van der Waals surface area contributed by atoms with Gasteiger partial charge in [0.2, 0.25) is 11.8 Å². The highest BCUT2D eigenvalue weighted by molar-refractivity contribution is 9.10. The van der Waals surface area contributed by atoms with Gasteiger partial charge in [0.15, 0.2) is 0 Å². The van der Waals surface area contributed by atoms with E-state index in [9.17, 15) is 9.59 Å². The summed E-state index contributed by atoms with van der Waals surface area (Å²) < 4.78 is 0.983. The third kappa shape index (κ3) is 4.78. The number of hydrogen-bond donors (Lipinski definition) is 1. The van der Waals surface area contributed by atoms with Gasteiger partial charge >= 0.3 is 0 Å². The summed E-state index contributed by atoms with van der Waals surface area (Å²) in [4.78, 5) is 27.1. The van der Waals surface area contributed by atoms with Gasteiger partial charge in [0.05, 0.1) is 18.5 Å². The number of hydrogen-bond acceptors (Lipinski definition) is 2. The summed E-state index contributed by atoms with van der Waals surface area (Å²) in [6, 6.07) is 25.1. The molecule has 5 heteroatoms. The van der Waals surface area contributed by atoms with Gasteiger partial charge in [-0.25, -0.2) is 0 Å². The van der Waals surface area contributed by atoms with Gasteiger partial charge in [-0.15, -0.1) is 0 Å². The number of amides is 2. The first-order valence-electron chi connectivity index (χ1n) is 10.2. The first kappa shape index (κ1) is 21.1. The van der Waals surface area contributed by atoms with Crippen LogP contribution in [0.5, 0.6) is 0 Å². The smallest absolute Gasteiger partial charge is 0.223 e. The molecule has 1 heterocycles. The average molecular weight is 475 g/mol. The number of nitrogens with zero attached hydrogens (tertiary/aromatic N) is 1. The van der Waals surface area contributed by atoms with E-state index < -0.39 is 0 Å². The minimum absolute atomic E-state index is 0.0870. The molecule has 1 aliphatic heterocycles. The molecule has 0 spiro atoms. The number of carbonyl (C=O) groups is 2. The number of rotatable bonds is 5. The first-order valence-corrected chi connectivity index (χ1v) is 11.0. The maximum absolute atomic E-state index is 13.2. The van der Waals surface area contributed by atoms with Crippen molar-refractivity contribution in [1.82, 2.24) is 10.2 Å². The Morgan fingerprint density at radius 3 is 2.29 bits per heavy atom. The second-order valence-corrected chi connectivity index (χ2v) is 8.47. The van der Waals surface area contributed by atoms with Crippen molar-refractivity contribution in [3.8, 4) is 0 Å². The lowest BCUT2D eigenvalue weighted by Crippen LogP contribution is -2.36. The molecule has 1 aliphatic rings. The second kappa shape index (κ2) is 9.31. The Balaban J connectivity index is 1.61. The molecule has 0 aliphatic carbocycles. The molecule has 3 aromatic rings. The molecule has 0 saturated carbocycles. The van der Waals surface area contributed by atoms with E-state index in [4.69, 9.17) is 0 Å². The third-order valence-electron chi connectivity index (χ3n) is 5.49. The third-order valence-corrected chi connectivity index (χ3v) is 6.02. The van der Waals surface area contributed by atoms with E-state index in [-0.39, 0.29) is 30.3 Å². The molecule has 0 unspecified atom stereocenters. The Hall–Kier alpha value is -3.18. The van der Waals surface area contributed by atoms with Crippen LogP contribution in [-0.2, 0) is 9.59 Å². The van der Waals surface area contributed by atoms with Crippen molar-refractivity contribution in [1.29, 1.82) is 0 Å². The molecule has 1 N–H and O–H groups in total. The SMILES string of the molecule is CC(=O)N1C=Cc2ccccc2[C@@H]1CC(=O)N[C@@H](c1ccccc1)c1ccc(Br)cc1. The maximum Gasteiger partial charge on any atom is 0.223 e. The largest absolute Gasteiger partial charge is 0.345 e.